The summed E-state index contributed by atoms with van der Waals surface area (Å²) in [5.41, 5.74) is 0. The fraction of sp³-hybridized carbons (Fsp3) is 0.909. The van der Waals surface area contributed by atoms with Crippen molar-refractivity contribution < 1.29 is 9.90 Å². The molecule has 0 aromatic carbocycles. The smallest absolute Gasteiger partial charge is 0.304 e. The topological polar surface area (TPSA) is 52.6 Å². The molecule has 0 saturated carbocycles. The Morgan fingerprint density at radius 3 is 3.07 bits per heavy atom. The molecule has 3 atom stereocenters. The number of fused-ring (bicyclic) bond motifs is 1. The van der Waals surface area contributed by atoms with Crippen LogP contribution in [0, 0.1) is 5.92 Å². The van der Waals surface area contributed by atoms with Crippen molar-refractivity contribution in [3.63, 3.8) is 0 Å². The number of nitrogens with one attached hydrogen (secondary N) is 1. The van der Waals surface area contributed by atoms with Crippen molar-refractivity contribution in [2.24, 2.45) is 5.92 Å². The summed E-state index contributed by atoms with van der Waals surface area (Å²) in [5, 5.41) is 12.3. The second kappa shape index (κ2) is 4.49. The number of hydrogen-bond donors (Lipinski definition) is 2. The van der Waals surface area contributed by atoms with Gasteiger partial charge in [-0.1, -0.05) is 0 Å². The first-order chi connectivity index (χ1) is 7.16. The van der Waals surface area contributed by atoms with Crippen molar-refractivity contribution in [2.45, 2.75) is 38.3 Å². The molecule has 1 unspecified atom stereocenters. The van der Waals surface area contributed by atoms with Gasteiger partial charge in [-0.25, -0.2) is 0 Å². The van der Waals surface area contributed by atoms with Gasteiger partial charge >= 0.3 is 5.97 Å². The molecule has 0 aromatic heterocycles. The highest BCUT2D eigenvalue weighted by Crippen LogP contribution is 2.26. The minimum absolute atomic E-state index is 0.176. The van der Waals surface area contributed by atoms with Gasteiger partial charge in [0.1, 0.15) is 0 Å². The summed E-state index contributed by atoms with van der Waals surface area (Å²) < 4.78 is 0. The first kappa shape index (κ1) is 10.9. The van der Waals surface area contributed by atoms with E-state index >= 15 is 0 Å². The zero-order valence-electron chi connectivity index (χ0n) is 9.28. The molecule has 86 valence electrons. The summed E-state index contributed by atoms with van der Waals surface area (Å²) in [4.78, 5) is 13.0. The van der Waals surface area contributed by atoms with Crippen LogP contribution in [0.5, 0.6) is 0 Å². The van der Waals surface area contributed by atoms with E-state index in [-0.39, 0.29) is 12.5 Å². The lowest BCUT2D eigenvalue weighted by atomic mass is 9.94. The van der Waals surface area contributed by atoms with Gasteiger partial charge in [0.25, 0.3) is 0 Å². The van der Waals surface area contributed by atoms with Crippen molar-refractivity contribution in [3.8, 4) is 0 Å². The lowest BCUT2D eigenvalue weighted by Gasteiger charge is -2.24. The van der Waals surface area contributed by atoms with Gasteiger partial charge in [0.15, 0.2) is 0 Å². The van der Waals surface area contributed by atoms with E-state index in [4.69, 9.17) is 5.11 Å². The molecule has 2 fully saturated rings. The average molecular weight is 212 g/mol. The molecule has 2 rings (SSSR count). The maximum Gasteiger partial charge on any atom is 0.304 e. The number of rotatable bonds is 3. The Labute approximate surface area is 90.6 Å². The average Bonchev–Trinajstić information content (AvgIpc) is 2.59. The quantitative estimate of drug-likeness (QED) is 0.716. The van der Waals surface area contributed by atoms with E-state index in [1.165, 1.54) is 12.8 Å². The van der Waals surface area contributed by atoms with E-state index in [0.717, 1.165) is 25.6 Å². The lowest BCUT2D eigenvalue weighted by molar-refractivity contribution is -0.138. The second-order valence-electron chi connectivity index (χ2n) is 4.86. The molecule has 0 bridgehead atoms. The summed E-state index contributed by atoms with van der Waals surface area (Å²) in [5.74, 6) is 0.0559. The Kier molecular flexibility index (Phi) is 3.26. The number of carboxylic acids is 1. The van der Waals surface area contributed by atoms with Gasteiger partial charge in [-0.2, -0.15) is 0 Å². The minimum Gasteiger partial charge on any atom is -0.481 e. The molecule has 4 nitrogen and oxygen atoms in total. The van der Waals surface area contributed by atoms with Crippen molar-refractivity contribution in [1.82, 2.24) is 10.2 Å². The maximum atomic E-state index is 10.6. The highest BCUT2D eigenvalue weighted by molar-refractivity contribution is 5.67. The number of nitrogens with zero attached hydrogens (tertiary/aromatic N) is 1. The number of likely N-dealkylation sites (tertiary alicyclic amines) is 1. The zero-order chi connectivity index (χ0) is 10.8. The van der Waals surface area contributed by atoms with Gasteiger partial charge in [0.2, 0.25) is 0 Å². The van der Waals surface area contributed by atoms with Crippen LogP contribution in [0.2, 0.25) is 0 Å². The third kappa shape index (κ3) is 2.49. The summed E-state index contributed by atoms with van der Waals surface area (Å²) in [6, 6.07) is 0.782. The third-order valence-electron chi connectivity index (χ3n) is 3.72. The molecule has 0 aromatic rings. The number of carboxylic acid groups (broad SMARTS) is 1. The molecule has 2 heterocycles. The molecular weight excluding hydrogens is 192 g/mol. The van der Waals surface area contributed by atoms with E-state index in [9.17, 15) is 4.79 Å². The molecule has 0 amide bonds. The van der Waals surface area contributed by atoms with Crippen LogP contribution in [0.25, 0.3) is 0 Å². The molecule has 4 heteroatoms. The predicted molar refractivity (Wildman–Crippen MR) is 57.8 cm³/mol. The molecule has 2 saturated heterocycles. The van der Waals surface area contributed by atoms with Crippen LogP contribution in [-0.4, -0.2) is 47.7 Å². The monoisotopic (exact) mass is 212 g/mol. The second-order valence-corrected chi connectivity index (χ2v) is 4.86. The fourth-order valence-electron chi connectivity index (χ4n) is 2.82. The SMILES string of the molecule is CC(CC(=O)O)N1C[C@@H]2CCCN[C@@H]2C1. The third-order valence-corrected chi connectivity index (χ3v) is 3.72. The standard InChI is InChI=1S/C11H20N2O2/c1-8(5-11(14)15)13-6-9-3-2-4-12-10(9)7-13/h8-10,12H,2-7H2,1H3,(H,14,15)/t8?,9-,10+/m0/s1. The Morgan fingerprint density at radius 2 is 2.40 bits per heavy atom. The van der Waals surface area contributed by atoms with Crippen LogP contribution in [0.3, 0.4) is 0 Å². The number of piperidine rings is 1. The molecule has 0 spiro atoms. The van der Waals surface area contributed by atoms with E-state index in [1.54, 1.807) is 0 Å². The molecule has 0 aliphatic carbocycles. The van der Waals surface area contributed by atoms with Gasteiger partial charge in [0.05, 0.1) is 6.42 Å². The lowest BCUT2D eigenvalue weighted by Crippen LogP contribution is -2.41. The molecule has 2 N–H and O–H groups in total. The van der Waals surface area contributed by atoms with Crippen molar-refractivity contribution in [3.05, 3.63) is 0 Å². The van der Waals surface area contributed by atoms with E-state index in [0.29, 0.717) is 6.04 Å². The van der Waals surface area contributed by atoms with Gasteiger partial charge in [-0.15, -0.1) is 0 Å². The Morgan fingerprint density at radius 1 is 1.60 bits per heavy atom. The summed E-state index contributed by atoms with van der Waals surface area (Å²) in [7, 11) is 0. The first-order valence-corrected chi connectivity index (χ1v) is 5.86. The Bertz CT molecular complexity index is 231. The van der Waals surface area contributed by atoms with Gasteiger partial charge < -0.3 is 10.4 Å². The van der Waals surface area contributed by atoms with E-state index < -0.39 is 5.97 Å². The molecular formula is C11H20N2O2. The van der Waals surface area contributed by atoms with Crippen LogP contribution in [0.1, 0.15) is 26.2 Å². The number of aliphatic carboxylic acids is 1. The fourth-order valence-corrected chi connectivity index (χ4v) is 2.82. The van der Waals surface area contributed by atoms with Crippen LogP contribution >= 0.6 is 0 Å². The first-order valence-electron chi connectivity index (χ1n) is 5.86. The van der Waals surface area contributed by atoms with E-state index in [1.807, 2.05) is 6.92 Å². The Hall–Kier alpha value is -0.610. The number of hydrogen-bond acceptors (Lipinski definition) is 3. The Balaban J connectivity index is 1.87. The molecule has 2 aliphatic rings. The summed E-state index contributed by atoms with van der Waals surface area (Å²) in [6.45, 7) is 5.25. The van der Waals surface area contributed by atoms with Crippen LogP contribution < -0.4 is 5.32 Å². The normalized spacial score (nSPS) is 33.7. The van der Waals surface area contributed by atoms with Gasteiger partial charge in [-0.3, -0.25) is 9.69 Å². The van der Waals surface area contributed by atoms with Crippen molar-refractivity contribution in [2.75, 3.05) is 19.6 Å². The van der Waals surface area contributed by atoms with Gasteiger partial charge in [-0.05, 0) is 32.2 Å². The van der Waals surface area contributed by atoms with Crippen molar-refractivity contribution >= 4 is 5.97 Å². The summed E-state index contributed by atoms with van der Waals surface area (Å²) >= 11 is 0. The van der Waals surface area contributed by atoms with Crippen molar-refractivity contribution in [1.29, 1.82) is 0 Å². The largest absolute Gasteiger partial charge is 0.481 e. The van der Waals surface area contributed by atoms with Crippen LogP contribution in [0.4, 0.5) is 0 Å². The van der Waals surface area contributed by atoms with Crippen LogP contribution in [-0.2, 0) is 4.79 Å². The molecule has 15 heavy (non-hydrogen) atoms. The summed E-state index contributed by atoms with van der Waals surface area (Å²) in [6.07, 6.45) is 2.83. The maximum absolute atomic E-state index is 10.6. The molecule has 2 aliphatic heterocycles. The highest BCUT2D eigenvalue weighted by Gasteiger charge is 2.36. The number of carbonyl (C=O) groups is 1. The molecule has 0 radical (unpaired) electrons. The zero-order valence-corrected chi connectivity index (χ0v) is 9.28. The van der Waals surface area contributed by atoms with Gasteiger partial charge in [0, 0.05) is 25.2 Å². The predicted octanol–water partition coefficient (Wildman–Crippen LogP) is 0.533. The van der Waals surface area contributed by atoms with Crippen LogP contribution in [0.15, 0.2) is 0 Å². The minimum atomic E-state index is -0.690. The highest BCUT2D eigenvalue weighted by atomic mass is 16.4. The van der Waals surface area contributed by atoms with E-state index in [2.05, 4.69) is 10.2 Å².